The smallest absolute Gasteiger partial charge is 0.326 e. The van der Waals surface area contributed by atoms with Gasteiger partial charge in [0.25, 0.3) is 5.91 Å². The normalized spacial score (nSPS) is 12.3. The van der Waals surface area contributed by atoms with Gasteiger partial charge < -0.3 is 19.9 Å². The van der Waals surface area contributed by atoms with E-state index in [-0.39, 0.29) is 29.5 Å². The fraction of sp³-hybridized carbons (Fsp3) is 0.292. The van der Waals surface area contributed by atoms with E-state index >= 15 is 0 Å². The lowest BCUT2D eigenvalue weighted by atomic mass is 10.1. The van der Waals surface area contributed by atoms with E-state index in [4.69, 9.17) is 9.26 Å². The number of H-pyrrole nitrogens is 1. The number of esters is 1. The third-order valence-corrected chi connectivity index (χ3v) is 7.24. The highest BCUT2D eigenvalue weighted by molar-refractivity contribution is 7.89. The first-order valence-electron chi connectivity index (χ1n) is 11.7. The summed E-state index contributed by atoms with van der Waals surface area (Å²) >= 11 is 0. The van der Waals surface area contributed by atoms with Crippen LogP contribution in [0.25, 0.3) is 10.9 Å². The summed E-state index contributed by atoms with van der Waals surface area (Å²) in [6.45, 7) is 3.07. The van der Waals surface area contributed by atoms with Gasteiger partial charge in [-0.1, -0.05) is 11.2 Å². The van der Waals surface area contributed by atoms with E-state index in [0.29, 0.717) is 24.3 Å². The molecule has 0 radical (unpaired) electrons. The maximum atomic E-state index is 13.1. The summed E-state index contributed by atoms with van der Waals surface area (Å²) < 4.78 is 38.7. The van der Waals surface area contributed by atoms with Crippen molar-refractivity contribution in [2.24, 2.45) is 0 Å². The number of hydrogen-bond donors (Lipinski definition) is 4. The van der Waals surface area contributed by atoms with Crippen LogP contribution in [0.4, 0.5) is 5.82 Å². The zero-order chi connectivity index (χ0) is 27.1. The molecule has 0 aliphatic heterocycles. The minimum absolute atomic E-state index is 0.0212. The number of aromatic amines is 1. The molecule has 0 bridgehead atoms. The molecule has 4 aromatic rings. The van der Waals surface area contributed by atoms with E-state index in [1.165, 1.54) is 13.8 Å². The van der Waals surface area contributed by atoms with Crippen molar-refractivity contribution in [2.45, 2.75) is 31.2 Å². The highest BCUT2D eigenvalue weighted by Gasteiger charge is 2.31. The van der Waals surface area contributed by atoms with Crippen molar-refractivity contribution in [3.8, 4) is 0 Å². The molecule has 3 aromatic heterocycles. The van der Waals surface area contributed by atoms with E-state index in [1.54, 1.807) is 42.7 Å². The molecule has 13 nitrogen and oxygen atoms in total. The van der Waals surface area contributed by atoms with E-state index in [0.717, 1.165) is 10.9 Å². The monoisotopic (exact) mass is 541 g/mol. The third kappa shape index (κ3) is 6.52. The van der Waals surface area contributed by atoms with Gasteiger partial charge in [-0.15, -0.1) is 0 Å². The first-order chi connectivity index (χ1) is 18.2. The van der Waals surface area contributed by atoms with Gasteiger partial charge in [-0.3, -0.25) is 14.7 Å². The number of rotatable bonds is 12. The summed E-state index contributed by atoms with van der Waals surface area (Å²) in [5.41, 5.74) is 1.22. The molecule has 38 heavy (non-hydrogen) atoms. The highest BCUT2D eigenvalue weighted by Crippen LogP contribution is 2.19. The van der Waals surface area contributed by atoms with Gasteiger partial charge >= 0.3 is 5.97 Å². The molecule has 0 fully saturated rings. The van der Waals surface area contributed by atoms with Crippen LogP contribution in [0.5, 0.6) is 0 Å². The number of aromatic nitrogens is 4. The Morgan fingerprint density at radius 1 is 1.18 bits per heavy atom. The Kier molecular flexibility index (Phi) is 8.33. The number of sulfonamides is 1. The maximum Gasteiger partial charge on any atom is 0.326 e. The Morgan fingerprint density at radius 3 is 2.76 bits per heavy atom. The zero-order valence-electron chi connectivity index (χ0n) is 20.7. The molecule has 0 saturated carbocycles. The molecule has 1 amide bonds. The third-order valence-electron chi connectivity index (χ3n) is 5.52. The first kappa shape index (κ1) is 26.8. The topological polar surface area (TPSA) is 181 Å². The second-order valence-corrected chi connectivity index (χ2v) is 10.0. The van der Waals surface area contributed by atoms with E-state index in [1.807, 2.05) is 6.07 Å². The molecule has 4 rings (SSSR count). The largest absolute Gasteiger partial charge is 0.464 e. The van der Waals surface area contributed by atoms with Crippen LogP contribution >= 0.6 is 0 Å². The summed E-state index contributed by atoms with van der Waals surface area (Å²) in [4.78, 5) is 29.6. The number of fused-ring (bicyclic) bond motifs is 1. The minimum atomic E-state index is -4.22. The van der Waals surface area contributed by atoms with Crippen LogP contribution in [0.15, 0.2) is 58.2 Å². The van der Waals surface area contributed by atoms with Gasteiger partial charge in [0, 0.05) is 30.2 Å². The fourth-order valence-electron chi connectivity index (χ4n) is 3.69. The van der Waals surface area contributed by atoms with Crippen molar-refractivity contribution < 1.29 is 27.3 Å². The molecule has 1 aromatic carbocycles. The molecule has 0 aliphatic carbocycles. The highest BCUT2D eigenvalue weighted by atomic mass is 32.2. The molecule has 0 saturated heterocycles. The van der Waals surface area contributed by atoms with Crippen LogP contribution in [0, 0.1) is 13.8 Å². The van der Waals surface area contributed by atoms with Crippen molar-refractivity contribution in [1.29, 1.82) is 0 Å². The minimum Gasteiger partial charge on any atom is -0.464 e. The lowest BCUT2D eigenvalue weighted by Gasteiger charge is -2.18. The van der Waals surface area contributed by atoms with Crippen LogP contribution in [0.2, 0.25) is 0 Å². The Labute approximate surface area is 218 Å². The van der Waals surface area contributed by atoms with Crippen LogP contribution in [-0.2, 0) is 19.6 Å². The number of hydrogen-bond acceptors (Lipinski definition) is 10. The molecule has 200 valence electrons. The van der Waals surface area contributed by atoms with Gasteiger partial charge in [0.1, 0.15) is 22.4 Å². The quantitative estimate of drug-likeness (QED) is 0.152. The standard InChI is InChI=1S/C24H27N7O6S/c1-15-22(16(2)37-30-15)38(34,35)31-20(24(33)36-11-5-10-26-21-6-3-4-9-25-21)14-27-23(32)17-7-8-19-18(12-17)13-28-29-19/h3-4,6-9,12-13,20,31H,5,10-11,14H2,1-2H3,(H,25,26)(H,27,32)(H,28,29). The average molecular weight is 542 g/mol. The summed E-state index contributed by atoms with van der Waals surface area (Å²) in [6, 6.07) is 8.95. The average Bonchev–Trinajstić information content (AvgIpc) is 3.51. The maximum absolute atomic E-state index is 13.1. The molecule has 4 N–H and O–H groups in total. The number of anilines is 1. The summed E-state index contributed by atoms with van der Waals surface area (Å²) in [6.07, 6.45) is 3.68. The number of carbonyl (C=O) groups excluding carboxylic acids is 2. The number of pyridine rings is 1. The van der Waals surface area contributed by atoms with Gasteiger partial charge in [-0.05, 0) is 50.6 Å². The molecule has 14 heteroatoms. The summed E-state index contributed by atoms with van der Waals surface area (Å²) in [7, 11) is -4.22. The predicted molar refractivity (Wildman–Crippen MR) is 137 cm³/mol. The Hall–Kier alpha value is -4.30. The Balaban J connectivity index is 1.41. The molecule has 1 atom stereocenters. The SMILES string of the molecule is Cc1noc(C)c1S(=O)(=O)NC(CNC(=O)c1ccc2[nH]ncc2c1)C(=O)OCCCNc1ccccn1. The second-order valence-electron chi connectivity index (χ2n) is 8.37. The number of aryl methyl sites for hydroxylation is 2. The van der Waals surface area contributed by atoms with Gasteiger partial charge in [-0.25, -0.2) is 13.4 Å². The van der Waals surface area contributed by atoms with E-state index < -0.39 is 27.9 Å². The molecular formula is C24H27N7O6S. The van der Waals surface area contributed by atoms with Gasteiger partial charge in [0.2, 0.25) is 10.0 Å². The number of ether oxygens (including phenoxy) is 1. The summed E-state index contributed by atoms with van der Waals surface area (Å²) in [5.74, 6) is -0.592. The molecule has 0 spiro atoms. The lowest BCUT2D eigenvalue weighted by Crippen LogP contribution is -2.49. The zero-order valence-corrected chi connectivity index (χ0v) is 21.5. The van der Waals surface area contributed by atoms with Crippen LogP contribution in [0.1, 0.15) is 28.2 Å². The van der Waals surface area contributed by atoms with Crippen molar-refractivity contribution in [3.05, 3.63) is 65.8 Å². The van der Waals surface area contributed by atoms with Crippen molar-refractivity contribution in [3.63, 3.8) is 0 Å². The number of nitrogens with one attached hydrogen (secondary N) is 4. The van der Waals surface area contributed by atoms with Crippen molar-refractivity contribution >= 4 is 38.6 Å². The molecule has 1 unspecified atom stereocenters. The van der Waals surface area contributed by atoms with E-state index in [2.05, 4.69) is 35.7 Å². The van der Waals surface area contributed by atoms with Crippen LogP contribution in [0.3, 0.4) is 0 Å². The van der Waals surface area contributed by atoms with Gasteiger partial charge in [-0.2, -0.15) is 9.82 Å². The fourth-order valence-corrected chi connectivity index (χ4v) is 5.20. The van der Waals surface area contributed by atoms with Crippen molar-refractivity contribution in [2.75, 3.05) is 25.0 Å². The Bertz CT molecular complexity index is 1500. The Morgan fingerprint density at radius 2 is 2.03 bits per heavy atom. The predicted octanol–water partition coefficient (Wildman–Crippen LogP) is 1.69. The van der Waals surface area contributed by atoms with Gasteiger partial charge in [0.05, 0.1) is 18.3 Å². The van der Waals surface area contributed by atoms with Crippen LogP contribution < -0.4 is 15.4 Å². The molecular weight excluding hydrogens is 514 g/mol. The summed E-state index contributed by atoms with van der Waals surface area (Å²) in [5, 5.41) is 16.8. The molecule has 3 heterocycles. The number of carbonyl (C=O) groups is 2. The van der Waals surface area contributed by atoms with Gasteiger partial charge in [0.15, 0.2) is 5.76 Å². The molecule has 0 aliphatic rings. The number of benzene rings is 1. The lowest BCUT2D eigenvalue weighted by molar-refractivity contribution is -0.145. The first-order valence-corrected chi connectivity index (χ1v) is 13.2. The number of amides is 1. The van der Waals surface area contributed by atoms with E-state index in [9.17, 15) is 18.0 Å². The van der Waals surface area contributed by atoms with Crippen LogP contribution in [-0.4, -0.2) is 66.4 Å². The number of nitrogens with zero attached hydrogens (tertiary/aromatic N) is 3. The second kappa shape index (κ2) is 11.8. The van der Waals surface area contributed by atoms with Crippen molar-refractivity contribution in [1.82, 2.24) is 30.4 Å².